The molecular weight excluding hydrogens is 407 g/mol. The number of hydroxylamine groups is 1. The Labute approximate surface area is 170 Å². The monoisotopic (exact) mass is 432 g/mol. The molecule has 12 nitrogen and oxygen atoms in total. The number of aliphatic hydroxyl groups excluding tert-OH is 2. The predicted molar refractivity (Wildman–Crippen MR) is 98.0 cm³/mol. The second kappa shape index (κ2) is 11.0. The lowest BCUT2D eigenvalue weighted by molar-refractivity contribution is -0.129. The Bertz CT molecular complexity index is 804. The Morgan fingerprint density at radius 2 is 1.97 bits per heavy atom. The molecule has 0 saturated carbocycles. The van der Waals surface area contributed by atoms with E-state index in [9.17, 15) is 29.0 Å². The number of unbranched alkanes of at least 4 members (excludes halogenated alkanes) is 3. The lowest BCUT2D eigenvalue weighted by Crippen LogP contribution is -2.36. The zero-order chi connectivity index (χ0) is 22.3. The van der Waals surface area contributed by atoms with Crippen LogP contribution in [0.2, 0.25) is 0 Å². The average Bonchev–Trinajstić information content (AvgIpc) is 2.96. The average molecular weight is 432 g/mol. The number of rotatable bonds is 9. The van der Waals surface area contributed by atoms with Crippen LogP contribution in [0.5, 0.6) is 0 Å². The third-order valence-corrected chi connectivity index (χ3v) is 4.53. The van der Waals surface area contributed by atoms with E-state index in [1.54, 1.807) is 0 Å². The van der Waals surface area contributed by atoms with Crippen LogP contribution in [0.4, 0.5) is 15.0 Å². The summed E-state index contributed by atoms with van der Waals surface area (Å²) in [4.78, 5) is 38.1. The fourth-order valence-electron chi connectivity index (χ4n) is 2.87. The molecule has 2 rings (SSSR count). The van der Waals surface area contributed by atoms with Crippen molar-refractivity contribution in [3.8, 4) is 0 Å². The molecule has 0 aromatic carbocycles. The minimum atomic E-state index is -1.44. The van der Waals surface area contributed by atoms with Gasteiger partial charge in [-0.25, -0.2) is 19.5 Å². The molecule has 1 aromatic heterocycles. The van der Waals surface area contributed by atoms with Crippen LogP contribution < -0.4 is 16.5 Å². The van der Waals surface area contributed by atoms with Gasteiger partial charge in [-0.15, -0.1) is 0 Å². The third kappa shape index (κ3) is 6.19. The summed E-state index contributed by atoms with van der Waals surface area (Å²) in [6.07, 6.45) is -2.43. The van der Waals surface area contributed by atoms with Crippen molar-refractivity contribution in [2.45, 2.75) is 63.6 Å². The van der Waals surface area contributed by atoms with E-state index in [2.05, 4.69) is 4.98 Å². The summed E-state index contributed by atoms with van der Waals surface area (Å²) >= 11 is 0. The highest BCUT2D eigenvalue weighted by molar-refractivity contribution is 5.83. The number of halogens is 1. The van der Waals surface area contributed by atoms with Gasteiger partial charge in [-0.2, -0.15) is 4.98 Å². The molecule has 13 heteroatoms. The normalized spacial score (nSPS) is 23.2. The fraction of sp³-hybridized carbons (Fsp3) is 0.647. The van der Waals surface area contributed by atoms with Crippen LogP contribution >= 0.6 is 0 Å². The highest BCUT2D eigenvalue weighted by atomic mass is 19.1. The van der Waals surface area contributed by atoms with Gasteiger partial charge < -0.3 is 19.7 Å². The first-order valence-corrected chi connectivity index (χ1v) is 9.41. The fourth-order valence-corrected chi connectivity index (χ4v) is 2.87. The minimum absolute atomic E-state index is 0.0363. The molecular formula is C17H25FN4O8. The van der Waals surface area contributed by atoms with Crippen molar-refractivity contribution < 1.29 is 38.9 Å². The van der Waals surface area contributed by atoms with Gasteiger partial charge in [-0.1, -0.05) is 12.8 Å². The molecule has 1 aromatic rings. The molecule has 1 saturated heterocycles. The van der Waals surface area contributed by atoms with Crippen molar-refractivity contribution in [3.63, 3.8) is 0 Å². The molecule has 0 spiro atoms. The first-order valence-electron chi connectivity index (χ1n) is 9.41. The van der Waals surface area contributed by atoms with E-state index in [0.29, 0.717) is 36.4 Å². The third-order valence-electron chi connectivity index (χ3n) is 4.53. The number of nitrogens with one attached hydrogen (secondary N) is 2. The van der Waals surface area contributed by atoms with Crippen LogP contribution in [-0.4, -0.2) is 61.9 Å². The molecule has 1 aliphatic rings. The zero-order valence-electron chi connectivity index (χ0n) is 16.3. The summed E-state index contributed by atoms with van der Waals surface area (Å²) in [5.41, 5.74) is 0.535. The number of amides is 2. The van der Waals surface area contributed by atoms with Gasteiger partial charge >= 0.3 is 11.8 Å². The van der Waals surface area contributed by atoms with Crippen molar-refractivity contribution in [1.82, 2.24) is 15.0 Å². The van der Waals surface area contributed by atoms with Crippen LogP contribution in [0.1, 0.15) is 45.3 Å². The summed E-state index contributed by atoms with van der Waals surface area (Å²) < 4.78 is 25.1. The van der Waals surface area contributed by atoms with Gasteiger partial charge in [0.25, 0.3) is 0 Å². The highest BCUT2D eigenvalue weighted by Gasteiger charge is 2.42. The van der Waals surface area contributed by atoms with E-state index in [1.165, 1.54) is 12.4 Å². The lowest BCUT2D eigenvalue weighted by Gasteiger charge is -2.17. The van der Waals surface area contributed by atoms with E-state index >= 15 is 0 Å². The summed E-state index contributed by atoms with van der Waals surface area (Å²) in [5.74, 6) is -2.17. The molecule has 2 amide bonds. The Kier molecular flexibility index (Phi) is 8.65. The van der Waals surface area contributed by atoms with Crippen LogP contribution in [-0.2, 0) is 14.3 Å². The largest absolute Gasteiger partial charge is 0.449 e. The van der Waals surface area contributed by atoms with Crippen molar-refractivity contribution >= 4 is 17.8 Å². The predicted octanol–water partition coefficient (Wildman–Crippen LogP) is 0.0259. The van der Waals surface area contributed by atoms with Crippen LogP contribution in [0.3, 0.4) is 0 Å². The molecule has 4 atom stereocenters. The second-order valence-corrected chi connectivity index (χ2v) is 6.80. The molecule has 168 valence electrons. The van der Waals surface area contributed by atoms with Crippen LogP contribution in [0, 0.1) is 5.82 Å². The molecule has 4 unspecified atom stereocenters. The molecule has 5 N–H and O–H groups in total. The first-order chi connectivity index (χ1) is 14.2. The van der Waals surface area contributed by atoms with Gasteiger partial charge in [-0.3, -0.25) is 19.9 Å². The number of hydrogen-bond donors (Lipinski definition) is 5. The number of nitrogens with zero attached hydrogens (tertiary/aromatic N) is 2. The SMILES string of the molecule is CC1OC(n2cc(F)c(NC(=O)OCCCCCCC(=O)NO)nc2=O)C(O)C1O. The topological polar surface area (TPSA) is 172 Å². The molecule has 0 bridgehead atoms. The molecule has 2 heterocycles. The molecule has 30 heavy (non-hydrogen) atoms. The van der Waals surface area contributed by atoms with Crippen LogP contribution in [0.15, 0.2) is 11.0 Å². The van der Waals surface area contributed by atoms with Crippen molar-refractivity contribution in [2.24, 2.45) is 0 Å². The Hall–Kier alpha value is -2.61. The maximum absolute atomic E-state index is 14.2. The van der Waals surface area contributed by atoms with Gasteiger partial charge in [0.1, 0.15) is 12.2 Å². The number of hydrogen-bond acceptors (Lipinski definition) is 9. The van der Waals surface area contributed by atoms with Gasteiger partial charge in [0.05, 0.1) is 18.9 Å². The lowest BCUT2D eigenvalue weighted by atomic mass is 10.1. The maximum atomic E-state index is 14.2. The van der Waals surface area contributed by atoms with Gasteiger partial charge in [0, 0.05) is 6.42 Å². The number of carbonyl (C=O) groups is 2. The molecule has 1 aliphatic heterocycles. The van der Waals surface area contributed by atoms with E-state index in [1.807, 2.05) is 5.32 Å². The first kappa shape index (κ1) is 23.7. The quantitative estimate of drug-likeness (QED) is 0.205. The van der Waals surface area contributed by atoms with Crippen molar-refractivity contribution in [1.29, 1.82) is 0 Å². The molecule has 1 fully saturated rings. The number of aliphatic hydroxyl groups is 2. The van der Waals surface area contributed by atoms with Gasteiger partial charge in [0.2, 0.25) is 5.91 Å². The summed E-state index contributed by atoms with van der Waals surface area (Å²) in [6.45, 7) is 1.52. The van der Waals surface area contributed by atoms with Crippen molar-refractivity contribution in [2.75, 3.05) is 11.9 Å². The smallest absolute Gasteiger partial charge is 0.412 e. The van der Waals surface area contributed by atoms with Gasteiger partial charge in [-0.05, 0) is 19.8 Å². The highest BCUT2D eigenvalue weighted by Crippen LogP contribution is 2.28. The summed E-state index contributed by atoms with van der Waals surface area (Å²) in [5, 5.41) is 30.0. The second-order valence-electron chi connectivity index (χ2n) is 6.80. The summed E-state index contributed by atoms with van der Waals surface area (Å²) in [7, 11) is 0. The van der Waals surface area contributed by atoms with E-state index in [4.69, 9.17) is 14.7 Å². The standard InChI is InChI=1S/C17H25FN4O8/c1-9-12(24)13(25)15(30-9)22-8-10(18)14(19-16(22)26)20-17(27)29-7-5-3-2-4-6-11(23)21-28/h8-9,12-13,15,24-25,28H,2-7H2,1H3,(H,21,23)(H,19,20,26,27). The number of ether oxygens (including phenoxy) is 2. The van der Waals surface area contributed by atoms with E-state index in [0.717, 1.165) is 0 Å². The zero-order valence-corrected chi connectivity index (χ0v) is 16.3. The number of anilines is 1. The molecule has 0 radical (unpaired) electrons. The number of aromatic nitrogens is 2. The Morgan fingerprint density at radius 1 is 1.27 bits per heavy atom. The number of carbonyl (C=O) groups excluding carboxylic acids is 2. The maximum Gasteiger partial charge on any atom is 0.412 e. The Morgan fingerprint density at radius 3 is 2.60 bits per heavy atom. The van der Waals surface area contributed by atoms with E-state index in [-0.39, 0.29) is 13.0 Å². The molecule has 0 aliphatic carbocycles. The minimum Gasteiger partial charge on any atom is -0.449 e. The Balaban J connectivity index is 1.81. The van der Waals surface area contributed by atoms with Crippen LogP contribution in [0.25, 0.3) is 0 Å². The van der Waals surface area contributed by atoms with Gasteiger partial charge in [0.15, 0.2) is 17.9 Å². The van der Waals surface area contributed by atoms with E-state index < -0.39 is 53.9 Å². The van der Waals surface area contributed by atoms with Crippen molar-refractivity contribution in [3.05, 3.63) is 22.5 Å². The summed E-state index contributed by atoms with van der Waals surface area (Å²) in [6, 6.07) is 0.